The summed E-state index contributed by atoms with van der Waals surface area (Å²) in [7, 11) is 1.99. The van der Waals surface area contributed by atoms with Gasteiger partial charge in [-0.25, -0.2) is 4.98 Å². The summed E-state index contributed by atoms with van der Waals surface area (Å²) in [6.45, 7) is 3.68. The number of nitrogens with zero attached hydrogens (tertiary/aromatic N) is 4. The highest BCUT2D eigenvalue weighted by Gasteiger charge is 2.02. The molecule has 0 aromatic carbocycles. The molecule has 0 bridgehead atoms. The van der Waals surface area contributed by atoms with Gasteiger partial charge in [-0.2, -0.15) is 0 Å². The van der Waals surface area contributed by atoms with Gasteiger partial charge in [0, 0.05) is 32.5 Å². The summed E-state index contributed by atoms with van der Waals surface area (Å²) in [5.74, 6) is 1.64. The van der Waals surface area contributed by atoms with E-state index in [-0.39, 0.29) is 0 Å². The standard InChI is InChI=1S/C13H17N5/c1-3-18(2)13-10-15-9-12(17-13)16-8-11-5-4-6-14-7-11/h4-7,9-10H,3,8H2,1-2H3,(H,16,17). The number of aromatic nitrogens is 3. The van der Waals surface area contributed by atoms with Gasteiger partial charge in [0.05, 0.1) is 12.4 Å². The molecule has 0 amide bonds. The van der Waals surface area contributed by atoms with Gasteiger partial charge in [-0.3, -0.25) is 9.97 Å². The molecule has 0 aliphatic carbocycles. The molecule has 0 aliphatic heterocycles. The number of hydrogen-bond donors (Lipinski definition) is 1. The molecule has 0 fully saturated rings. The van der Waals surface area contributed by atoms with Crippen molar-refractivity contribution in [3.8, 4) is 0 Å². The lowest BCUT2D eigenvalue weighted by Gasteiger charge is -2.15. The predicted molar refractivity (Wildman–Crippen MR) is 72.5 cm³/mol. The van der Waals surface area contributed by atoms with Crippen LogP contribution in [-0.4, -0.2) is 28.5 Å². The Morgan fingerprint density at radius 1 is 1.22 bits per heavy atom. The molecule has 94 valence electrons. The molecule has 5 nitrogen and oxygen atoms in total. The first-order valence-corrected chi connectivity index (χ1v) is 5.95. The molecule has 2 rings (SSSR count). The van der Waals surface area contributed by atoms with Crippen molar-refractivity contribution >= 4 is 11.6 Å². The molecule has 2 heterocycles. The fourth-order valence-electron chi connectivity index (χ4n) is 1.48. The van der Waals surface area contributed by atoms with Gasteiger partial charge in [0.1, 0.15) is 11.6 Å². The van der Waals surface area contributed by atoms with Crippen LogP contribution in [0, 0.1) is 0 Å². The third-order valence-corrected chi connectivity index (χ3v) is 2.68. The van der Waals surface area contributed by atoms with Crippen LogP contribution in [0.4, 0.5) is 11.6 Å². The minimum atomic E-state index is 0.696. The Labute approximate surface area is 107 Å². The minimum Gasteiger partial charge on any atom is -0.365 e. The number of hydrogen-bond acceptors (Lipinski definition) is 5. The Morgan fingerprint density at radius 3 is 2.83 bits per heavy atom. The molecule has 2 aromatic heterocycles. The zero-order valence-electron chi connectivity index (χ0n) is 10.7. The number of rotatable bonds is 5. The average molecular weight is 243 g/mol. The number of nitrogens with one attached hydrogen (secondary N) is 1. The van der Waals surface area contributed by atoms with Crippen LogP contribution in [0.1, 0.15) is 12.5 Å². The van der Waals surface area contributed by atoms with Gasteiger partial charge < -0.3 is 10.2 Å². The van der Waals surface area contributed by atoms with E-state index in [4.69, 9.17) is 0 Å². The topological polar surface area (TPSA) is 53.9 Å². The van der Waals surface area contributed by atoms with Crippen LogP contribution in [0.25, 0.3) is 0 Å². The van der Waals surface area contributed by atoms with Gasteiger partial charge in [0.15, 0.2) is 0 Å². The van der Waals surface area contributed by atoms with Crippen LogP contribution in [0.3, 0.4) is 0 Å². The van der Waals surface area contributed by atoms with Crippen molar-refractivity contribution in [3.63, 3.8) is 0 Å². The highest BCUT2D eigenvalue weighted by molar-refractivity contribution is 5.43. The zero-order valence-corrected chi connectivity index (χ0v) is 10.7. The molecule has 2 aromatic rings. The molecule has 0 aliphatic rings. The highest BCUT2D eigenvalue weighted by atomic mass is 15.2. The summed E-state index contributed by atoms with van der Waals surface area (Å²) < 4.78 is 0. The van der Waals surface area contributed by atoms with E-state index < -0.39 is 0 Å². The van der Waals surface area contributed by atoms with Crippen molar-refractivity contribution in [1.29, 1.82) is 0 Å². The Balaban J connectivity index is 2.01. The van der Waals surface area contributed by atoms with Crippen LogP contribution in [0.15, 0.2) is 36.9 Å². The van der Waals surface area contributed by atoms with E-state index in [1.807, 2.05) is 30.3 Å². The Morgan fingerprint density at radius 2 is 2.11 bits per heavy atom. The summed E-state index contributed by atoms with van der Waals surface area (Å²) in [6, 6.07) is 3.94. The monoisotopic (exact) mass is 243 g/mol. The second-order valence-corrected chi connectivity index (χ2v) is 3.99. The van der Waals surface area contributed by atoms with Crippen LogP contribution in [0.2, 0.25) is 0 Å². The second kappa shape index (κ2) is 5.95. The maximum Gasteiger partial charge on any atom is 0.149 e. The third-order valence-electron chi connectivity index (χ3n) is 2.68. The van der Waals surface area contributed by atoms with Gasteiger partial charge in [0.2, 0.25) is 0 Å². The average Bonchev–Trinajstić information content (AvgIpc) is 2.45. The summed E-state index contributed by atoms with van der Waals surface area (Å²) in [5.41, 5.74) is 1.12. The first-order valence-electron chi connectivity index (χ1n) is 5.95. The van der Waals surface area contributed by atoms with E-state index in [0.29, 0.717) is 6.54 Å². The second-order valence-electron chi connectivity index (χ2n) is 3.99. The minimum absolute atomic E-state index is 0.696. The van der Waals surface area contributed by atoms with Crippen LogP contribution < -0.4 is 10.2 Å². The zero-order chi connectivity index (χ0) is 12.8. The maximum absolute atomic E-state index is 4.49. The van der Waals surface area contributed by atoms with Crippen LogP contribution in [-0.2, 0) is 6.54 Å². The molecular formula is C13H17N5. The van der Waals surface area contributed by atoms with Crippen molar-refractivity contribution in [2.45, 2.75) is 13.5 Å². The van der Waals surface area contributed by atoms with E-state index >= 15 is 0 Å². The number of anilines is 2. The third kappa shape index (κ3) is 3.16. The molecular weight excluding hydrogens is 226 g/mol. The maximum atomic E-state index is 4.49. The largest absolute Gasteiger partial charge is 0.365 e. The smallest absolute Gasteiger partial charge is 0.149 e. The number of pyridine rings is 1. The first-order chi connectivity index (χ1) is 8.79. The van der Waals surface area contributed by atoms with E-state index in [9.17, 15) is 0 Å². The highest BCUT2D eigenvalue weighted by Crippen LogP contribution is 2.11. The van der Waals surface area contributed by atoms with Gasteiger partial charge in [-0.1, -0.05) is 6.07 Å². The normalized spacial score (nSPS) is 10.1. The first kappa shape index (κ1) is 12.3. The molecule has 18 heavy (non-hydrogen) atoms. The molecule has 0 atom stereocenters. The molecule has 5 heteroatoms. The van der Waals surface area contributed by atoms with Crippen LogP contribution >= 0.6 is 0 Å². The molecule has 0 saturated heterocycles. The van der Waals surface area contributed by atoms with E-state index in [1.54, 1.807) is 18.6 Å². The molecule has 0 radical (unpaired) electrons. The van der Waals surface area contributed by atoms with Gasteiger partial charge in [-0.05, 0) is 18.6 Å². The Kier molecular flexibility index (Phi) is 4.06. The fraction of sp³-hybridized carbons (Fsp3) is 0.308. The van der Waals surface area contributed by atoms with Crippen molar-refractivity contribution in [1.82, 2.24) is 15.0 Å². The van der Waals surface area contributed by atoms with E-state index in [0.717, 1.165) is 23.7 Å². The predicted octanol–water partition coefficient (Wildman–Crippen LogP) is 1.94. The molecule has 0 saturated carbocycles. The SMILES string of the molecule is CCN(C)c1cncc(NCc2cccnc2)n1. The van der Waals surface area contributed by atoms with Gasteiger partial charge in [0.25, 0.3) is 0 Å². The lowest BCUT2D eigenvalue weighted by molar-refractivity contribution is 0.925. The summed E-state index contributed by atoms with van der Waals surface area (Å²) in [5, 5.41) is 3.24. The van der Waals surface area contributed by atoms with Gasteiger partial charge in [-0.15, -0.1) is 0 Å². The van der Waals surface area contributed by atoms with Crippen molar-refractivity contribution in [2.24, 2.45) is 0 Å². The van der Waals surface area contributed by atoms with Crippen molar-refractivity contribution < 1.29 is 0 Å². The quantitative estimate of drug-likeness (QED) is 0.869. The summed E-state index contributed by atoms with van der Waals surface area (Å²) >= 11 is 0. The van der Waals surface area contributed by atoms with Crippen molar-refractivity contribution in [3.05, 3.63) is 42.5 Å². The molecule has 1 N–H and O–H groups in total. The lowest BCUT2D eigenvalue weighted by Crippen LogP contribution is -2.18. The summed E-state index contributed by atoms with van der Waals surface area (Å²) in [6.07, 6.45) is 7.09. The molecule has 0 spiro atoms. The van der Waals surface area contributed by atoms with E-state index in [1.165, 1.54) is 0 Å². The lowest BCUT2D eigenvalue weighted by atomic mass is 10.3. The molecule has 0 unspecified atom stereocenters. The fourth-order valence-corrected chi connectivity index (χ4v) is 1.48. The van der Waals surface area contributed by atoms with Crippen molar-refractivity contribution in [2.75, 3.05) is 23.8 Å². The van der Waals surface area contributed by atoms with E-state index in [2.05, 4.69) is 27.2 Å². The Hall–Kier alpha value is -2.17. The summed E-state index contributed by atoms with van der Waals surface area (Å²) in [4.78, 5) is 14.8. The van der Waals surface area contributed by atoms with Gasteiger partial charge >= 0.3 is 0 Å². The Bertz CT molecular complexity index is 486. The van der Waals surface area contributed by atoms with Crippen LogP contribution in [0.5, 0.6) is 0 Å².